The molecule has 2 amide bonds. The van der Waals surface area contributed by atoms with E-state index in [0.29, 0.717) is 0 Å². The predicted octanol–water partition coefficient (Wildman–Crippen LogP) is 2.18. The van der Waals surface area contributed by atoms with Gasteiger partial charge < -0.3 is 15.2 Å². The Labute approximate surface area is 164 Å². The first-order valence-electron chi connectivity index (χ1n) is 9.75. The summed E-state index contributed by atoms with van der Waals surface area (Å²) in [5.41, 5.74) is 0.346. The van der Waals surface area contributed by atoms with E-state index in [1.165, 1.54) is 23.3 Å². The lowest BCUT2D eigenvalue weighted by Gasteiger charge is -2.22. The number of nitrogens with one attached hydrogen (secondary N) is 2. The summed E-state index contributed by atoms with van der Waals surface area (Å²) in [5.74, 6) is -0.682. The van der Waals surface area contributed by atoms with Crippen LogP contribution in [0.5, 0.6) is 0 Å². The summed E-state index contributed by atoms with van der Waals surface area (Å²) in [4.78, 5) is 41.7. The molecule has 1 aliphatic rings. The summed E-state index contributed by atoms with van der Waals surface area (Å²) in [6.45, 7) is 1.68. The predicted molar refractivity (Wildman–Crippen MR) is 106 cm³/mol. The first-order valence-corrected chi connectivity index (χ1v) is 9.75. The maximum absolute atomic E-state index is 12.7. The van der Waals surface area contributed by atoms with Gasteiger partial charge in [0.1, 0.15) is 12.1 Å². The molecule has 0 aromatic carbocycles. The van der Waals surface area contributed by atoms with E-state index in [2.05, 4.69) is 15.6 Å². The normalized spacial score (nSPS) is 15.6. The number of hydrogen-bond acceptors (Lipinski definition) is 4. The quantitative estimate of drug-likeness (QED) is 0.801. The second kappa shape index (κ2) is 9.30. The second-order valence-corrected chi connectivity index (χ2v) is 7.21. The first-order chi connectivity index (χ1) is 13.5. The van der Waals surface area contributed by atoms with Crippen molar-refractivity contribution in [1.29, 1.82) is 0 Å². The lowest BCUT2D eigenvalue weighted by Crippen LogP contribution is -2.41. The van der Waals surface area contributed by atoms with Crippen molar-refractivity contribution in [3.05, 3.63) is 64.3 Å². The van der Waals surface area contributed by atoms with Crippen LogP contribution in [0.4, 0.5) is 0 Å². The number of carbonyl (C=O) groups is 2. The Morgan fingerprint density at radius 1 is 1.18 bits per heavy atom. The van der Waals surface area contributed by atoms with Crippen LogP contribution in [0.25, 0.3) is 0 Å². The number of pyridine rings is 2. The molecule has 1 fully saturated rings. The molecule has 0 spiro atoms. The first kappa shape index (κ1) is 19.8. The molecule has 2 aromatic heterocycles. The third kappa shape index (κ3) is 5.06. The van der Waals surface area contributed by atoms with Crippen molar-refractivity contribution in [2.75, 3.05) is 0 Å². The van der Waals surface area contributed by atoms with Crippen molar-refractivity contribution in [1.82, 2.24) is 20.2 Å². The smallest absolute Gasteiger partial charge is 0.263 e. The van der Waals surface area contributed by atoms with Crippen LogP contribution in [0.2, 0.25) is 0 Å². The van der Waals surface area contributed by atoms with Crippen molar-refractivity contribution in [3.63, 3.8) is 0 Å². The number of carbonyl (C=O) groups excluding carboxylic acids is 2. The van der Waals surface area contributed by atoms with Gasteiger partial charge in [0, 0.05) is 18.4 Å². The highest BCUT2D eigenvalue weighted by atomic mass is 16.2. The summed E-state index contributed by atoms with van der Waals surface area (Å²) >= 11 is 0. The van der Waals surface area contributed by atoms with E-state index in [1.807, 2.05) is 25.1 Å². The fraction of sp³-hybridized carbons (Fsp3) is 0.429. The highest BCUT2D eigenvalue weighted by Gasteiger charge is 2.19. The van der Waals surface area contributed by atoms with E-state index < -0.39 is 5.56 Å². The number of nitrogens with zero attached hydrogens (tertiary/aromatic N) is 2. The van der Waals surface area contributed by atoms with E-state index in [9.17, 15) is 14.4 Å². The zero-order valence-corrected chi connectivity index (χ0v) is 16.1. The minimum Gasteiger partial charge on any atom is -0.349 e. The van der Waals surface area contributed by atoms with Gasteiger partial charge in [0.15, 0.2) is 0 Å². The van der Waals surface area contributed by atoms with Gasteiger partial charge in [-0.15, -0.1) is 0 Å². The summed E-state index contributed by atoms with van der Waals surface area (Å²) in [5, 5.41) is 5.77. The summed E-state index contributed by atoms with van der Waals surface area (Å²) < 4.78 is 1.26. The van der Waals surface area contributed by atoms with Crippen molar-refractivity contribution in [3.8, 4) is 0 Å². The Balaban J connectivity index is 1.64. The molecule has 7 heteroatoms. The van der Waals surface area contributed by atoms with Gasteiger partial charge in [0.05, 0.1) is 11.7 Å². The fourth-order valence-corrected chi connectivity index (χ4v) is 3.49. The van der Waals surface area contributed by atoms with Crippen LogP contribution in [0, 0.1) is 0 Å². The SMILES string of the molecule is C[C@@H](NC(=O)Cn1cccc(C(=O)NC2CCCCC2)c1=O)c1ccccn1. The molecular formula is C21H26N4O3. The van der Waals surface area contributed by atoms with Crippen molar-refractivity contribution < 1.29 is 9.59 Å². The van der Waals surface area contributed by atoms with Crippen LogP contribution in [-0.2, 0) is 11.3 Å². The highest BCUT2D eigenvalue weighted by molar-refractivity contribution is 5.94. The van der Waals surface area contributed by atoms with Crippen molar-refractivity contribution in [2.45, 2.75) is 57.7 Å². The van der Waals surface area contributed by atoms with Gasteiger partial charge in [-0.2, -0.15) is 0 Å². The molecule has 2 aromatic rings. The lowest BCUT2D eigenvalue weighted by molar-refractivity contribution is -0.122. The van der Waals surface area contributed by atoms with Crippen LogP contribution < -0.4 is 16.2 Å². The number of aromatic nitrogens is 2. The average molecular weight is 382 g/mol. The standard InChI is InChI=1S/C21H26N4O3/c1-15(18-11-5-6-12-22-18)23-19(26)14-25-13-7-10-17(21(25)28)20(27)24-16-8-3-2-4-9-16/h5-7,10-13,15-16H,2-4,8-9,14H2,1H3,(H,23,26)(H,24,27)/t15-/m1/s1. The lowest BCUT2D eigenvalue weighted by atomic mass is 9.95. The second-order valence-electron chi connectivity index (χ2n) is 7.21. The fourth-order valence-electron chi connectivity index (χ4n) is 3.49. The Morgan fingerprint density at radius 2 is 1.96 bits per heavy atom. The van der Waals surface area contributed by atoms with E-state index in [4.69, 9.17) is 0 Å². The molecule has 1 saturated carbocycles. The van der Waals surface area contributed by atoms with Crippen molar-refractivity contribution >= 4 is 11.8 Å². The molecule has 2 heterocycles. The molecule has 0 bridgehead atoms. The highest BCUT2D eigenvalue weighted by Crippen LogP contribution is 2.17. The Hall–Kier alpha value is -2.96. The molecule has 0 saturated heterocycles. The largest absolute Gasteiger partial charge is 0.349 e. The molecular weight excluding hydrogens is 356 g/mol. The topological polar surface area (TPSA) is 93.1 Å². The van der Waals surface area contributed by atoms with Gasteiger partial charge in [-0.3, -0.25) is 19.4 Å². The van der Waals surface area contributed by atoms with Gasteiger partial charge in [-0.05, 0) is 44.0 Å². The van der Waals surface area contributed by atoms with Crippen LogP contribution >= 0.6 is 0 Å². The molecule has 2 N–H and O–H groups in total. The van der Waals surface area contributed by atoms with Crippen LogP contribution in [0.15, 0.2) is 47.5 Å². The molecule has 3 rings (SSSR count). The maximum atomic E-state index is 12.7. The Kier molecular flexibility index (Phi) is 6.57. The van der Waals surface area contributed by atoms with Gasteiger partial charge in [0.2, 0.25) is 5.91 Å². The maximum Gasteiger partial charge on any atom is 0.263 e. The summed E-state index contributed by atoms with van der Waals surface area (Å²) in [6, 6.07) is 8.45. The molecule has 7 nitrogen and oxygen atoms in total. The van der Waals surface area contributed by atoms with E-state index in [-0.39, 0.29) is 36.0 Å². The van der Waals surface area contributed by atoms with E-state index in [1.54, 1.807) is 12.3 Å². The molecule has 0 unspecified atom stereocenters. The molecule has 28 heavy (non-hydrogen) atoms. The zero-order valence-electron chi connectivity index (χ0n) is 16.1. The molecule has 0 aliphatic heterocycles. The van der Waals surface area contributed by atoms with Gasteiger partial charge >= 0.3 is 0 Å². The Bertz CT molecular complexity index is 873. The van der Waals surface area contributed by atoms with Crippen LogP contribution in [0.1, 0.15) is 61.1 Å². The van der Waals surface area contributed by atoms with E-state index in [0.717, 1.165) is 31.4 Å². The third-order valence-electron chi connectivity index (χ3n) is 5.03. The molecule has 1 atom stereocenters. The van der Waals surface area contributed by atoms with E-state index >= 15 is 0 Å². The average Bonchev–Trinajstić information content (AvgIpc) is 2.71. The van der Waals surface area contributed by atoms with Crippen molar-refractivity contribution in [2.24, 2.45) is 0 Å². The zero-order chi connectivity index (χ0) is 19.9. The minimum absolute atomic E-state index is 0.0682. The summed E-state index contributed by atoms with van der Waals surface area (Å²) in [7, 11) is 0. The van der Waals surface area contributed by atoms with Gasteiger partial charge in [0.25, 0.3) is 11.5 Å². The Morgan fingerprint density at radius 3 is 2.68 bits per heavy atom. The van der Waals surface area contributed by atoms with Crippen LogP contribution in [-0.4, -0.2) is 27.4 Å². The third-order valence-corrected chi connectivity index (χ3v) is 5.03. The summed E-state index contributed by atoms with van der Waals surface area (Å²) in [6.07, 6.45) is 8.45. The molecule has 0 radical (unpaired) electrons. The van der Waals surface area contributed by atoms with Crippen LogP contribution in [0.3, 0.4) is 0 Å². The monoisotopic (exact) mass is 382 g/mol. The number of hydrogen-bond donors (Lipinski definition) is 2. The number of rotatable bonds is 6. The molecule has 1 aliphatic carbocycles. The van der Waals surface area contributed by atoms with Gasteiger partial charge in [-0.1, -0.05) is 25.3 Å². The number of amides is 2. The molecule has 148 valence electrons. The minimum atomic E-state index is -0.462. The van der Waals surface area contributed by atoms with Gasteiger partial charge in [-0.25, -0.2) is 0 Å².